The van der Waals surface area contributed by atoms with Gasteiger partial charge in [0.05, 0.1) is 20.3 Å². The topological polar surface area (TPSA) is 48.0 Å². The predicted octanol–water partition coefficient (Wildman–Crippen LogP) is 3.45. The third-order valence-corrected chi connectivity index (χ3v) is 4.57. The maximum atomic E-state index is 12.2. The van der Waals surface area contributed by atoms with E-state index in [0.29, 0.717) is 44.4 Å². The lowest BCUT2D eigenvalue weighted by Gasteiger charge is -2.25. The number of rotatable bonds is 6. The Hall–Kier alpha value is -2.79. The molecule has 2 aromatic carbocycles. The molecule has 1 saturated heterocycles. The van der Waals surface area contributed by atoms with Crippen LogP contribution in [0.3, 0.4) is 0 Å². The van der Waals surface area contributed by atoms with Crippen LogP contribution in [0.2, 0.25) is 0 Å². The van der Waals surface area contributed by atoms with E-state index in [1.165, 1.54) is 5.56 Å². The summed E-state index contributed by atoms with van der Waals surface area (Å²) in [5.74, 6) is 1.32. The first-order chi connectivity index (χ1) is 13.2. The zero-order valence-corrected chi connectivity index (χ0v) is 15.8. The summed E-state index contributed by atoms with van der Waals surface area (Å²) in [7, 11) is 1.61. The molecule has 1 heterocycles. The molecule has 0 bridgehead atoms. The van der Waals surface area contributed by atoms with Gasteiger partial charge in [-0.05, 0) is 41.8 Å². The lowest BCUT2D eigenvalue weighted by molar-refractivity contribution is -0.129. The fourth-order valence-corrected chi connectivity index (χ4v) is 2.89. The highest BCUT2D eigenvalue weighted by Crippen LogP contribution is 2.29. The third-order valence-electron chi connectivity index (χ3n) is 4.57. The Bertz CT molecular complexity index is 810. The summed E-state index contributed by atoms with van der Waals surface area (Å²) in [4.78, 5) is 14.0. The first-order valence-corrected chi connectivity index (χ1v) is 9.07. The highest BCUT2D eigenvalue weighted by Gasteiger charge is 2.14. The average Bonchev–Trinajstić information content (AvgIpc) is 2.72. The number of carbonyl (C=O) groups excluding carboxylic acids is 1. The number of amides is 1. The Morgan fingerprint density at radius 1 is 1.15 bits per heavy atom. The molecule has 1 aliphatic heterocycles. The Balaban J connectivity index is 1.65. The molecule has 0 aliphatic carbocycles. The van der Waals surface area contributed by atoms with Crippen molar-refractivity contribution >= 4 is 12.0 Å². The molecule has 3 rings (SSSR count). The summed E-state index contributed by atoms with van der Waals surface area (Å²) < 4.78 is 16.7. The van der Waals surface area contributed by atoms with Crippen LogP contribution in [0.15, 0.2) is 48.5 Å². The molecule has 0 spiro atoms. The van der Waals surface area contributed by atoms with Crippen molar-refractivity contribution in [3.05, 3.63) is 65.2 Å². The minimum Gasteiger partial charge on any atom is -0.493 e. The van der Waals surface area contributed by atoms with Crippen LogP contribution in [0, 0.1) is 6.92 Å². The molecule has 2 aromatic rings. The van der Waals surface area contributed by atoms with Crippen LogP contribution in [-0.4, -0.2) is 44.2 Å². The van der Waals surface area contributed by atoms with Crippen molar-refractivity contribution in [3.63, 3.8) is 0 Å². The van der Waals surface area contributed by atoms with E-state index in [2.05, 4.69) is 19.1 Å². The number of aryl methyl sites for hydroxylation is 1. The normalized spacial score (nSPS) is 14.4. The van der Waals surface area contributed by atoms with Crippen LogP contribution in [0.4, 0.5) is 0 Å². The second kappa shape index (κ2) is 9.24. The molecule has 1 fully saturated rings. The Morgan fingerprint density at radius 2 is 1.93 bits per heavy atom. The van der Waals surface area contributed by atoms with E-state index in [4.69, 9.17) is 14.2 Å². The summed E-state index contributed by atoms with van der Waals surface area (Å²) in [6, 6.07) is 13.8. The molecule has 0 saturated carbocycles. The third kappa shape index (κ3) is 5.11. The van der Waals surface area contributed by atoms with E-state index in [9.17, 15) is 4.79 Å². The first kappa shape index (κ1) is 19.0. The van der Waals surface area contributed by atoms with E-state index in [-0.39, 0.29) is 5.91 Å². The van der Waals surface area contributed by atoms with Gasteiger partial charge in [0.25, 0.3) is 0 Å². The van der Waals surface area contributed by atoms with Gasteiger partial charge in [0.1, 0.15) is 6.61 Å². The highest BCUT2D eigenvalue weighted by atomic mass is 16.5. The zero-order chi connectivity index (χ0) is 19.1. The lowest BCUT2D eigenvalue weighted by Crippen LogP contribution is -2.39. The molecular formula is C22H25NO4. The molecule has 1 aliphatic rings. The van der Waals surface area contributed by atoms with Crippen molar-refractivity contribution in [2.45, 2.75) is 13.5 Å². The molecule has 0 atom stereocenters. The van der Waals surface area contributed by atoms with Gasteiger partial charge in [-0.25, -0.2) is 0 Å². The Morgan fingerprint density at radius 3 is 2.67 bits per heavy atom. The molecule has 0 aromatic heterocycles. The van der Waals surface area contributed by atoms with Gasteiger partial charge >= 0.3 is 0 Å². The average molecular weight is 367 g/mol. The van der Waals surface area contributed by atoms with Gasteiger partial charge in [-0.3, -0.25) is 4.79 Å². The van der Waals surface area contributed by atoms with Crippen molar-refractivity contribution in [3.8, 4) is 11.5 Å². The van der Waals surface area contributed by atoms with E-state index in [0.717, 1.165) is 11.1 Å². The van der Waals surface area contributed by atoms with Gasteiger partial charge in [0.2, 0.25) is 5.91 Å². The molecule has 0 unspecified atom stereocenters. The standard InChI is InChI=1S/C22H25NO4/c1-17-5-3-4-6-19(17)16-27-20-9-7-18(15-21(20)25-2)8-10-22(24)23-11-13-26-14-12-23/h3-10,15H,11-14,16H2,1-2H3/b10-8+. The molecule has 5 heteroatoms. The molecule has 0 radical (unpaired) electrons. The number of benzene rings is 2. The summed E-state index contributed by atoms with van der Waals surface area (Å²) in [5, 5.41) is 0. The smallest absolute Gasteiger partial charge is 0.246 e. The molecule has 0 N–H and O–H groups in total. The number of methoxy groups -OCH3 is 1. The second-order valence-corrected chi connectivity index (χ2v) is 6.40. The summed E-state index contributed by atoms with van der Waals surface area (Å²) in [6.07, 6.45) is 3.39. The van der Waals surface area contributed by atoms with E-state index in [1.54, 1.807) is 24.2 Å². The number of hydrogen-bond donors (Lipinski definition) is 0. The van der Waals surface area contributed by atoms with Crippen molar-refractivity contribution in [1.82, 2.24) is 4.90 Å². The maximum Gasteiger partial charge on any atom is 0.246 e. The number of ether oxygens (including phenoxy) is 3. The largest absolute Gasteiger partial charge is 0.493 e. The number of morpholine rings is 1. The van der Waals surface area contributed by atoms with Crippen molar-refractivity contribution in [2.24, 2.45) is 0 Å². The van der Waals surface area contributed by atoms with Crippen LogP contribution in [0.1, 0.15) is 16.7 Å². The molecule has 142 valence electrons. The summed E-state index contributed by atoms with van der Waals surface area (Å²) in [6.45, 7) is 5.01. The van der Waals surface area contributed by atoms with E-state index in [1.807, 2.05) is 30.3 Å². The Kier molecular flexibility index (Phi) is 6.49. The maximum absolute atomic E-state index is 12.2. The SMILES string of the molecule is COc1cc(/C=C/C(=O)N2CCOCC2)ccc1OCc1ccccc1C. The first-order valence-electron chi connectivity index (χ1n) is 9.07. The fourth-order valence-electron chi connectivity index (χ4n) is 2.89. The van der Waals surface area contributed by atoms with Gasteiger partial charge in [-0.2, -0.15) is 0 Å². The van der Waals surface area contributed by atoms with Crippen LogP contribution < -0.4 is 9.47 Å². The molecular weight excluding hydrogens is 342 g/mol. The minimum atomic E-state index is -0.00264. The lowest BCUT2D eigenvalue weighted by atomic mass is 10.1. The highest BCUT2D eigenvalue weighted by molar-refractivity contribution is 5.91. The van der Waals surface area contributed by atoms with Gasteiger partial charge in [0, 0.05) is 19.2 Å². The van der Waals surface area contributed by atoms with Crippen molar-refractivity contribution in [2.75, 3.05) is 33.4 Å². The number of nitrogens with zero attached hydrogens (tertiary/aromatic N) is 1. The predicted molar refractivity (Wildman–Crippen MR) is 105 cm³/mol. The second-order valence-electron chi connectivity index (χ2n) is 6.40. The monoisotopic (exact) mass is 367 g/mol. The molecule has 27 heavy (non-hydrogen) atoms. The van der Waals surface area contributed by atoms with Gasteiger partial charge in [-0.15, -0.1) is 0 Å². The van der Waals surface area contributed by atoms with Crippen LogP contribution in [0.25, 0.3) is 6.08 Å². The van der Waals surface area contributed by atoms with Gasteiger partial charge < -0.3 is 19.1 Å². The van der Waals surface area contributed by atoms with Gasteiger partial charge in [0.15, 0.2) is 11.5 Å². The fraction of sp³-hybridized carbons (Fsp3) is 0.318. The summed E-state index contributed by atoms with van der Waals surface area (Å²) in [5.41, 5.74) is 3.22. The van der Waals surface area contributed by atoms with Gasteiger partial charge in [-0.1, -0.05) is 30.3 Å². The zero-order valence-electron chi connectivity index (χ0n) is 15.8. The number of carbonyl (C=O) groups is 1. The summed E-state index contributed by atoms with van der Waals surface area (Å²) >= 11 is 0. The van der Waals surface area contributed by atoms with Crippen LogP contribution >= 0.6 is 0 Å². The van der Waals surface area contributed by atoms with Crippen LogP contribution in [0.5, 0.6) is 11.5 Å². The van der Waals surface area contributed by atoms with E-state index < -0.39 is 0 Å². The molecule has 5 nitrogen and oxygen atoms in total. The number of hydrogen-bond acceptors (Lipinski definition) is 4. The van der Waals surface area contributed by atoms with Crippen molar-refractivity contribution < 1.29 is 19.0 Å². The minimum absolute atomic E-state index is 0.00264. The van der Waals surface area contributed by atoms with Crippen molar-refractivity contribution in [1.29, 1.82) is 0 Å². The quantitative estimate of drug-likeness (QED) is 0.734. The van der Waals surface area contributed by atoms with Crippen LogP contribution in [-0.2, 0) is 16.1 Å². The Labute approximate surface area is 160 Å². The van der Waals surface area contributed by atoms with E-state index >= 15 is 0 Å². The molecule has 1 amide bonds.